The van der Waals surface area contributed by atoms with Crippen LogP contribution < -0.4 is 0 Å². The Morgan fingerprint density at radius 2 is 2.05 bits per heavy atom. The quantitative estimate of drug-likeness (QED) is 0.655. The van der Waals surface area contributed by atoms with Gasteiger partial charge in [-0.2, -0.15) is 0 Å². The first kappa shape index (κ1) is 15.0. The van der Waals surface area contributed by atoms with E-state index < -0.39 is 16.8 Å². The van der Waals surface area contributed by atoms with Crippen LogP contribution in [-0.4, -0.2) is 26.0 Å². The van der Waals surface area contributed by atoms with Crippen molar-refractivity contribution in [2.24, 2.45) is 0 Å². The summed E-state index contributed by atoms with van der Waals surface area (Å²) in [5, 5.41) is 19.9. The number of aromatic nitrogens is 2. The molecular weight excluding hydrogens is 342 g/mol. The highest BCUT2D eigenvalue weighted by molar-refractivity contribution is 9.10. The Hall–Kier alpha value is -2.35. The molecule has 0 amide bonds. The molecule has 1 atom stereocenters. The van der Waals surface area contributed by atoms with Gasteiger partial charge in [-0.1, -0.05) is 28.1 Å². The van der Waals surface area contributed by atoms with Gasteiger partial charge >= 0.3 is 11.7 Å². The predicted molar refractivity (Wildman–Crippen MR) is 76.9 cm³/mol. The molecule has 7 nitrogen and oxygen atoms in total. The third-order valence-electron chi connectivity index (χ3n) is 2.81. The molecule has 8 heteroatoms. The largest absolute Gasteiger partial charge is 0.481 e. The van der Waals surface area contributed by atoms with E-state index >= 15 is 0 Å². The minimum absolute atomic E-state index is 0.0491. The van der Waals surface area contributed by atoms with E-state index in [1.54, 1.807) is 18.2 Å². The summed E-state index contributed by atoms with van der Waals surface area (Å²) in [4.78, 5) is 28.9. The lowest BCUT2D eigenvalue weighted by Crippen LogP contribution is -2.17. The normalized spacial score (nSPS) is 11.9. The molecule has 21 heavy (non-hydrogen) atoms. The molecule has 1 unspecified atom stereocenters. The molecule has 0 fully saturated rings. The zero-order chi connectivity index (χ0) is 15.4. The highest BCUT2D eigenvalue weighted by Crippen LogP contribution is 2.21. The minimum atomic E-state index is -1.08. The van der Waals surface area contributed by atoms with Gasteiger partial charge in [0.25, 0.3) is 0 Å². The lowest BCUT2D eigenvalue weighted by molar-refractivity contribution is -0.385. The predicted octanol–water partition coefficient (Wildman–Crippen LogP) is 2.56. The van der Waals surface area contributed by atoms with Crippen molar-refractivity contribution in [1.29, 1.82) is 0 Å². The van der Waals surface area contributed by atoms with Gasteiger partial charge in [0.05, 0.1) is 4.92 Å². The van der Waals surface area contributed by atoms with Gasteiger partial charge in [-0.15, -0.1) is 0 Å². The minimum Gasteiger partial charge on any atom is -0.481 e. The van der Waals surface area contributed by atoms with Crippen LogP contribution in [0.4, 0.5) is 5.69 Å². The molecule has 1 aromatic carbocycles. The second-order valence-corrected chi connectivity index (χ2v) is 5.20. The lowest BCUT2D eigenvalue weighted by atomic mass is 9.98. The van der Waals surface area contributed by atoms with E-state index in [4.69, 9.17) is 0 Å². The van der Waals surface area contributed by atoms with Crippen molar-refractivity contribution in [3.8, 4) is 0 Å². The fraction of sp³-hybridized carbons (Fsp3) is 0.154. The molecule has 0 saturated heterocycles. The number of benzene rings is 1. The van der Waals surface area contributed by atoms with Gasteiger partial charge in [-0.3, -0.25) is 14.9 Å². The molecule has 1 N–H and O–H groups in total. The molecule has 0 bridgehead atoms. The molecule has 2 rings (SSSR count). The standard InChI is InChI=1S/C13H10BrN3O4/c14-9-3-1-2-8(4-9)5-11(13(18)19)12-15-6-10(7-16-12)17(20)21/h1-4,6-7,11H,5H2,(H,18,19). The topological polar surface area (TPSA) is 106 Å². The van der Waals surface area contributed by atoms with Crippen molar-refractivity contribution in [2.45, 2.75) is 12.3 Å². The number of carboxylic acids is 1. The Morgan fingerprint density at radius 1 is 1.38 bits per heavy atom. The SMILES string of the molecule is O=C(O)C(Cc1cccc(Br)c1)c1ncc([N+](=O)[O-])cn1. The second kappa shape index (κ2) is 6.40. The van der Waals surface area contributed by atoms with Crippen molar-refractivity contribution >= 4 is 27.6 Å². The maximum atomic E-state index is 11.4. The van der Waals surface area contributed by atoms with Crippen LogP contribution in [0.5, 0.6) is 0 Å². The Morgan fingerprint density at radius 3 is 2.57 bits per heavy atom. The second-order valence-electron chi connectivity index (χ2n) is 4.28. The summed E-state index contributed by atoms with van der Waals surface area (Å²) in [6, 6.07) is 7.24. The fourth-order valence-corrected chi connectivity index (χ4v) is 2.24. The van der Waals surface area contributed by atoms with Crippen LogP contribution in [0.15, 0.2) is 41.1 Å². The number of aliphatic carboxylic acids is 1. The molecule has 0 aliphatic carbocycles. The smallest absolute Gasteiger partial charge is 0.314 e. The van der Waals surface area contributed by atoms with Crippen molar-refractivity contribution < 1.29 is 14.8 Å². The van der Waals surface area contributed by atoms with Crippen LogP contribution >= 0.6 is 15.9 Å². The van der Waals surface area contributed by atoms with Crippen molar-refractivity contribution in [1.82, 2.24) is 9.97 Å². The van der Waals surface area contributed by atoms with Crippen molar-refractivity contribution in [2.75, 3.05) is 0 Å². The summed E-state index contributed by atoms with van der Waals surface area (Å²) in [5.74, 6) is -1.99. The molecule has 0 saturated carbocycles. The molecule has 0 aliphatic heterocycles. The summed E-state index contributed by atoms with van der Waals surface area (Å²) < 4.78 is 0.841. The van der Waals surface area contributed by atoms with Gasteiger partial charge in [-0.05, 0) is 24.1 Å². The molecule has 108 valence electrons. The van der Waals surface area contributed by atoms with E-state index in [9.17, 15) is 20.0 Å². The number of carbonyl (C=O) groups is 1. The van der Waals surface area contributed by atoms with E-state index in [2.05, 4.69) is 25.9 Å². The first-order valence-electron chi connectivity index (χ1n) is 5.91. The summed E-state index contributed by atoms with van der Waals surface area (Å²) in [5.41, 5.74) is 0.532. The van der Waals surface area contributed by atoms with Crippen LogP contribution in [0.25, 0.3) is 0 Å². The summed E-state index contributed by atoms with van der Waals surface area (Å²) in [7, 11) is 0. The summed E-state index contributed by atoms with van der Waals surface area (Å²) >= 11 is 3.32. The Labute approximate surface area is 127 Å². The maximum Gasteiger partial charge on any atom is 0.314 e. The van der Waals surface area contributed by atoms with Crippen LogP contribution in [-0.2, 0) is 11.2 Å². The molecule has 0 spiro atoms. The lowest BCUT2D eigenvalue weighted by Gasteiger charge is -2.11. The van der Waals surface area contributed by atoms with Crippen LogP contribution in [0.3, 0.4) is 0 Å². The number of nitrogens with zero attached hydrogens (tertiary/aromatic N) is 3. The first-order valence-corrected chi connectivity index (χ1v) is 6.70. The summed E-state index contributed by atoms with van der Waals surface area (Å²) in [6.07, 6.45) is 2.23. The highest BCUT2D eigenvalue weighted by Gasteiger charge is 2.24. The number of nitro groups is 1. The van der Waals surface area contributed by atoms with Gasteiger partial charge in [0.2, 0.25) is 0 Å². The van der Waals surface area contributed by atoms with Gasteiger partial charge < -0.3 is 5.11 Å². The van der Waals surface area contributed by atoms with Gasteiger partial charge in [0.15, 0.2) is 0 Å². The zero-order valence-electron chi connectivity index (χ0n) is 10.6. The Bertz CT molecular complexity index is 675. The van der Waals surface area contributed by atoms with E-state index in [1.807, 2.05) is 6.07 Å². The number of carboxylic acid groups (broad SMARTS) is 1. The monoisotopic (exact) mass is 351 g/mol. The van der Waals surface area contributed by atoms with Crippen LogP contribution in [0, 0.1) is 10.1 Å². The van der Waals surface area contributed by atoms with Crippen LogP contribution in [0.1, 0.15) is 17.3 Å². The van der Waals surface area contributed by atoms with Gasteiger partial charge in [0.1, 0.15) is 24.1 Å². The highest BCUT2D eigenvalue weighted by atomic mass is 79.9. The van der Waals surface area contributed by atoms with Gasteiger partial charge in [-0.25, -0.2) is 9.97 Å². The van der Waals surface area contributed by atoms with E-state index in [-0.39, 0.29) is 17.9 Å². The van der Waals surface area contributed by atoms with Crippen LogP contribution in [0.2, 0.25) is 0 Å². The van der Waals surface area contributed by atoms with Gasteiger partial charge in [0, 0.05) is 4.47 Å². The third-order valence-corrected chi connectivity index (χ3v) is 3.30. The summed E-state index contributed by atoms with van der Waals surface area (Å²) in [6.45, 7) is 0. The molecule has 1 heterocycles. The van der Waals surface area contributed by atoms with E-state index in [0.717, 1.165) is 22.4 Å². The Kier molecular flexibility index (Phi) is 4.59. The Balaban J connectivity index is 2.26. The maximum absolute atomic E-state index is 11.4. The number of halogens is 1. The molecule has 0 aliphatic rings. The molecular formula is C13H10BrN3O4. The van der Waals surface area contributed by atoms with E-state index in [0.29, 0.717) is 0 Å². The average molecular weight is 352 g/mol. The number of hydrogen-bond donors (Lipinski definition) is 1. The molecule has 2 aromatic rings. The number of rotatable bonds is 5. The van der Waals surface area contributed by atoms with Crippen molar-refractivity contribution in [3.63, 3.8) is 0 Å². The van der Waals surface area contributed by atoms with E-state index in [1.165, 1.54) is 0 Å². The molecule has 0 radical (unpaired) electrons. The zero-order valence-corrected chi connectivity index (χ0v) is 12.2. The average Bonchev–Trinajstić information content (AvgIpc) is 2.44. The number of hydrogen-bond acceptors (Lipinski definition) is 5. The third kappa shape index (κ3) is 3.82. The van der Waals surface area contributed by atoms with Crippen molar-refractivity contribution in [3.05, 3.63) is 62.6 Å². The fourth-order valence-electron chi connectivity index (χ4n) is 1.79. The first-order chi connectivity index (χ1) is 9.97. The molecule has 1 aromatic heterocycles.